The molecule has 0 radical (unpaired) electrons. The van der Waals surface area contributed by atoms with Crippen LogP contribution in [0.2, 0.25) is 0 Å². The van der Waals surface area contributed by atoms with Gasteiger partial charge in [-0.1, -0.05) is 19.1 Å². The van der Waals surface area contributed by atoms with E-state index in [0.717, 1.165) is 67.0 Å². The Hall–Kier alpha value is -3.96. The summed E-state index contributed by atoms with van der Waals surface area (Å²) in [5, 5.41) is 4.58. The number of methoxy groups -OCH3 is 1. The lowest BCUT2D eigenvalue weighted by atomic mass is 9.90. The Morgan fingerprint density at radius 1 is 0.977 bits per heavy atom. The molecule has 11 heteroatoms. The van der Waals surface area contributed by atoms with Crippen molar-refractivity contribution < 1.29 is 22.7 Å². The summed E-state index contributed by atoms with van der Waals surface area (Å²) in [4.78, 5) is 25.3. The smallest absolute Gasteiger partial charge is 0.383 e. The minimum absolute atomic E-state index is 0.0120. The van der Waals surface area contributed by atoms with Crippen molar-refractivity contribution in [2.24, 2.45) is 7.05 Å². The third-order valence-corrected chi connectivity index (χ3v) is 8.51. The summed E-state index contributed by atoms with van der Waals surface area (Å²) in [5.41, 5.74) is 4.28. The zero-order valence-corrected chi connectivity index (χ0v) is 24.6. The van der Waals surface area contributed by atoms with Crippen LogP contribution >= 0.6 is 0 Å². The van der Waals surface area contributed by atoms with E-state index in [9.17, 15) is 18.0 Å². The summed E-state index contributed by atoms with van der Waals surface area (Å²) in [7, 11) is 3.19. The first-order valence-electron chi connectivity index (χ1n) is 14.6. The summed E-state index contributed by atoms with van der Waals surface area (Å²) < 4.78 is 47.9. The Balaban J connectivity index is 1.37. The van der Waals surface area contributed by atoms with Gasteiger partial charge in [0.15, 0.2) is 5.69 Å². The van der Waals surface area contributed by atoms with Crippen LogP contribution in [0.15, 0.2) is 48.8 Å². The predicted octanol–water partition coefficient (Wildman–Crippen LogP) is 5.19. The second-order valence-corrected chi connectivity index (χ2v) is 11.1. The number of aromatic nitrogens is 3. The average molecular weight is 593 g/mol. The second kappa shape index (κ2) is 11.6. The van der Waals surface area contributed by atoms with Crippen LogP contribution in [0, 0.1) is 0 Å². The van der Waals surface area contributed by atoms with Gasteiger partial charge in [0.05, 0.1) is 23.5 Å². The molecule has 0 bridgehead atoms. The first-order valence-corrected chi connectivity index (χ1v) is 14.6. The molecule has 43 heavy (non-hydrogen) atoms. The molecular formula is C32H35F3N6O2. The Morgan fingerprint density at radius 2 is 1.74 bits per heavy atom. The maximum absolute atomic E-state index is 14.0. The molecule has 2 aliphatic heterocycles. The van der Waals surface area contributed by atoms with Crippen LogP contribution < -0.4 is 9.80 Å². The number of piperazine rings is 1. The van der Waals surface area contributed by atoms with Gasteiger partial charge in [-0.15, -0.1) is 0 Å². The fraction of sp³-hybridized carbons (Fsp3) is 0.406. The predicted molar refractivity (Wildman–Crippen MR) is 161 cm³/mol. The van der Waals surface area contributed by atoms with Crippen LogP contribution in [0.5, 0.6) is 0 Å². The van der Waals surface area contributed by atoms with E-state index < -0.39 is 11.9 Å². The molecule has 0 atom stereocenters. The summed E-state index contributed by atoms with van der Waals surface area (Å²) in [6.45, 7) is 7.65. The number of pyridine rings is 1. The molecule has 0 aliphatic carbocycles. The number of halogens is 3. The number of hydrogen-bond donors (Lipinski definition) is 0. The van der Waals surface area contributed by atoms with Crippen molar-refractivity contribution in [3.63, 3.8) is 0 Å². The van der Waals surface area contributed by atoms with Gasteiger partial charge in [-0.3, -0.25) is 19.4 Å². The second-order valence-electron chi connectivity index (χ2n) is 11.1. The summed E-state index contributed by atoms with van der Waals surface area (Å²) in [6.07, 6.45) is -0.247. The summed E-state index contributed by atoms with van der Waals surface area (Å²) in [6, 6.07) is 11.2. The number of aryl methyl sites for hydroxylation is 2. The van der Waals surface area contributed by atoms with E-state index >= 15 is 0 Å². The molecule has 1 fully saturated rings. The molecule has 8 nitrogen and oxygen atoms in total. The van der Waals surface area contributed by atoms with Gasteiger partial charge in [-0.2, -0.15) is 18.3 Å². The highest BCUT2D eigenvalue weighted by molar-refractivity contribution is 6.13. The number of hydrogen-bond acceptors (Lipinski definition) is 6. The van der Waals surface area contributed by atoms with Crippen LogP contribution in [0.1, 0.15) is 34.1 Å². The van der Waals surface area contributed by atoms with E-state index in [1.165, 1.54) is 17.9 Å². The van der Waals surface area contributed by atoms with Gasteiger partial charge in [0, 0.05) is 82.3 Å². The SMILES string of the molecule is CCc1cc(N2CCN(CCOC)CC2)c2nccc(N3CCc4c(cccc4-c4cn(C)nc4C(F)(F)F)C3=O)c2c1. The van der Waals surface area contributed by atoms with E-state index in [-0.39, 0.29) is 11.5 Å². The van der Waals surface area contributed by atoms with Gasteiger partial charge >= 0.3 is 6.18 Å². The van der Waals surface area contributed by atoms with Crippen molar-refractivity contribution >= 4 is 28.2 Å². The molecule has 4 aromatic rings. The maximum atomic E-state index is 14.0. The number of benzene rings is 2. The first kappa shape index (κ1) is 29.1. The van der Waals surface area contributed by atoms with Crippen LogP contribution in [0.4, 0.5) is 24.5 Å². The fourth-order valence-electron chi connectivity index (χ4n) is 6.30. The third kappa shape index (κ3) is 5.47. The minimum atomic E-state index is -4.61. The first-order chi connectivity index (χ1) is 20.7. The molecule has 0 unspecified atom stereocenters. The number of fused-ring (bicyclic) bond motifs is 2. The van der Waals surface area contributed by atoms with E-state index in [1.54, 1.807) is 36.4 Å². The van der Waals surface area contributed by atoms with Crippen LogP contribution in [0.25, 0.3) is 22.0 Å². The van der Waals surface area contributed by atoms with Crippen molar-refractivity contribution in [1.82, 2.24) is 19.7 Å². The number of alkyl halides is 3. The van der Waals surface area contributed by atoms with Crippen molar-refractivity contribution in [3.8, 4) is 11.1 Å². The lowest BCUT2D eigenvalue weighted by molar-refractivity contribution is -0.140. The van der Waals surface area contributed by atoms with Crippen molar-refractivity contribution in [3.05, 3.63) is 71.2 Å². The maximum Gasteiger partial charge on any atom is 0.435 e. The molecule has 0 spiro atoms. The van der Waals surface area contributed by atoms with Gasteiger partial charge in [0.2, 0.25) is 0 Å². The Bertz CT molecular complexity index is 1660. The molecule has 2 aromatic carbocycles. The molecule has 1 amide bonds. The van der Waals surface area contributed by atoms with Gasteiger partial charge < -0.3 is 14.5 Å². The summed E-state index contributed by atoms with van der Waals surface area (Å²) >= 11 is 0. The zero-order valence-electron chi connectivity index (χ0n) is 24.6. The Labute approximate surface area is 248 Å². The fourth-order valence-corrected chi connectivity index (χ4v) is 6.30. The molecule has 6 rings (SSSR count). The molecule has 0 saturated carbocycles. The van der Waals surface area contributed by atoms with Crippen molar-refractivity contribution in [2.75, 3.05) is 62.8 Å². The highest BCUT2D eigenvalue weighted by Gasteiger charge is 2.39. The van der Waals surface area contributed by atoms with Crippen molar-refractivity contribution in [2.45, 2.75) is 25.9 Å². The highest BCUT2D eigenvalue weighted by atomic mass is 19.4. The Kier molecular flexibility index (Phi) is 7.87. The number of anilines is 2. The van der Waals surface area contributed by atoms with E-state index in [0.29, 0.717) is 36.3 Å². The van der Waals surface area contributed by atoms with Gasteiger partial charge in [-0.25, -0.2) is 0 Å². The topological polar surface area (TPSA) is 66.7 Å². The average Bonchev–Trinajstić information content (AvgIpc) is 3.42. The van der Waals surface area contributed by atoms with Gasteiger partial charge in [-0.05, 0) is 53.8 Å². The van der Waals surface area contributed by atoms with E-state index in [4.69, 9.17) is 9.72 Å². The summed E-state index contributed by atoms with van der Waals surface area (Å²) in [5.74, 6) is -0.233. The molecule has 2 aromatic heterocycles. The quantitative estimate of drug-likeness (QED) is 0.295. The van der Waals surface area contributed by atoms with Crippen molar-refractivity contribution in [1.29, 1.82) is 0 Å². The van der Waals surface area contributed by atoms with Crippen LogP contribution in [0.3, 0.4) is 0 Å². The van der Waals surface area contributed by atoms with Gasteiger partial charge in [0.1, 0.15) is 0 Å². The molecule has 226 valence electrons. The Morgan fingerprint density at radius 3 is 2.47 bits per heavy atom. The minimum Gasteiger partial charge on any atom is -0.383 e. The number of rotatable bonds is 7. The number of ether oxygens (including phenoxy) is 1. The normalized spacial score (nSPS) is 16.3. The molecule has 1 saturated heterocycles. The van der Waals surface area contributed by atoms with Crippen LogP contribution in [-0.2, 0) is 30.8 Å². The lowest BCUT2D eigenvalue weighted by Gasteiger charge is -2.37. The monoisotopic (exact) mass is 592 g/mol. The number of amides is 1. The van der Waals surface area contributed by atoms with E-state index in [2.05, 4.69) is 34.0 Å². The zero-order chi connectivity index (χ0) is 30.3. The molecule has 4 heterocycles. The number of nitrogens with zero attached hydrogens (tertiary/aromatic N) is 6. The third-order valence-electron chi connectivity index (χ3n) is 8.51. The highest BCUT2D eigenvalue weighted by Crippen LogP contribution is 2.41. The van der Waals surface area contributed by atoms with E-state index in [1.807, 2.05) is 6.07 Å². The largest absolute Gasteiger partial charge is 0.435 e. The lowest BCUT2D eigenvalue weighted by Crippen LogP contribution is -2.47. The van der Waals surface area contributed by atoms with Crippen LogP contribution in [-0.4, -0.2) is 78.6 Å². The molecule has 0 N–H and O–H groups in total. The number of carbonyl (C=O) groups excluding carboxylic acids is 1. The van der Waals surface area contributed by atoms with Gasteiger partial charge in [0.25, 0.3) is 5.91 Å². The standard InChI is InChI=1S/C32H35F3N6O2/c1-4-21-18-25-27(8-10-36-29(25)28(19-21)40-14-12-39(13-15-40)16-17-43-3)41-11-9-23-22(6-5-7-24(23)31(41)42)26-20-38(2)37-30(26)32(33,34)35/h5-8,10,18-20H,4,9,11-17H2,1-3H3. The number of carbonyl (C=O) groups is 1. The molecule has 2 aliphatic rings. The molecular weight excluding hydrogens is 557 g/mol.